The number of hydrogen-bond donors (Lipinski definition) is 1. The van der Waals surface area contributed by atoms with Gasteiger partial charge in [0.15, 0.2) is 0 Å². The van der Waals surface area contributed by atoms with Crippen molar-refractivity contribution < 1.29 is 5.11 Å². The van der Waals surface area contributed by atoms with Crippen LogP contribution in [-0.2, 0) is 0 Å². The maximum Gasteiger partial charge on any atom is 0.0779 e. The van der Waals surface area contributed by atoms with Gasteiger partial charge in [0.25, 0.3) is 0 Å². The Bertz CT molecular complexity index is 221. The normalized spacial score (nSPS) is 11.4. The zero-order valence-corrected chi connectivity index (χ0v) is 8.20. The number of aryl methyl sites for hydroxylation is 1. The molecule has 1 aromatic rings. The highest BCUT2D eigenvalue weighted by Crippen LogP contribution is 2.13. The highest BCUT2D eigenvalue weighted by Gasteiger charge is 2.02. The average Bonchev–Trinajstić information content (AvgIpc) is 2.08. The first-order chi connectivity index (χ1) is 5.72. The molecule has 2 heteroatoms. The summed E-state index contributed by atoms with van der Waals surface area (Å²) in [4.78, 5) is 4.04. The lowest BCUT2D eigenvalue weighted by Crippen LogP contribution is -1.95. The van der Waals surface area contributed by atoms with Gasteiger partial charge in [-0.2, -0.15) is 0 Å². The summed E-state index contributed by atoms with van der Waals surface area (Å²) in [5.41, 5.74) is 1.81. The Kier molecular flexibility index (Phi) is 5.30. The van der Waals surface area contributed by atoms with Crippen LogP contribution >= 0.6 is 0 Å². The van der Waals surface area contributed by atoms with Crippen molar-refractivity contribution in [2.75, 3.05) is 0 Å². The molecular formula is C10H17NO. The zero-order valence-electron chi connectivity index (χ0n) is 8.20. The Morgan fingerprint density at radius 3 is 2.33 bits per heavy atom. The van der Waals surface area contributed by atoms with Gasteiger partial charge in [0, 0.05) is 17.5 Å². The molecule has 1 aromatic heterocycles. The largest absolute Gasteiger partial charge is 0.389 e. The van der Waals surface area contributed by atoms with Crippen LogP contribution in [0.4, 0.5) is 0 Å². The van der Waals surface area contributed by atoms with Crippen LogP contribution in [-0.4, -0.2) is 10.1 Å². The fourth-order valence-electron chi connectivity index (χ4n) is 0.938. The Labute approximate surface area is 74.3 Å². The number of aliphatic hydroxyl groups excluding tert-OH is 1. The number of aromatic nitrogens is 1. The summed E-state index contributed by atoms with van der Waals surface area (Å²) < 4.78 is 0. The summed E-state index contributed by atoms with van der Waals surface area (Å²) in [6, 6.07) is 3.71. The monoisotopic (exact) mass is 167 g/mol. The molecule has 12 heavy (non-hydrogen) atoms. The molecule has 0 bridgehead atoms. The number of rotatable bonds is 1. The second kappa shape index (κ2) is 5.72. The molecule has 1 N–H and O–H groups in total. The zero-order chi connectivity index (χ0) is 9.56. The smallest absolute Gasteiger partial charge is 0.0779 e. The minimum atomic E-state index is -0.409. The molecule has 0 saturated carbocycles. The number of aliphatic hydroxyl groups is 1. The summed E-state index contributed by atoms with van der Waals surface area (Å²) in [7, 11) is 0. The third-order valence-electron chi connectivity index (χ3n) is 1.50. The van der Waals surface area contributed by atoms with Gasteiger partial charge in [-0.05, 0) is 19.9 Å². The lowest BCUT2D eigenvalue weighted by Gasteiger charge is -2.05. The maximum atomic E-state index is 9.16. The minimum absolute atomic E-state index is 0.409. The van der Waals surface area contributed by atoms with Gasteiger partial charge in [-0.25, -0.2) is 0 Å². The van der Waals surface area contributed by atoms with Crippen LogP contribution in [0.2, 0.25) is 0 Å². The molecule has 0 fully saturated rings. The van der Waals surface area contributed by atoms with Crippen molar-refractivity contribution in [2.24, 2.45) is 0 Å². The van der Waals surface area contributed by atoms with Gasteiger partial charge in [0.05, 0.1) is 6.10 Å². The fraction of sp³-hybridized carbons (Fsp3) is 0.500. The van der Waals surface area contributed by atoms with E-state index < -0.39 is 6.10 Å². The second-order valence-corrected chi connectivity index (χ2v) is 2.35. The van der Waals surface area contributed by atoms with E-state index in [2.05, 4.69) is 4.98 Å². The van der Waals surface area contributed by atoms with E-state index in [1.54, 1.807) is 13.1 Å². The van der Waals surface area contributed by atoms with Gasteiger partial charge < -0.3 is 5.11 Å². The van der Waals surface area contributed by atoms with Crippen LogP contribution in [0.5, 0.6) is 0 Å². The molecule has 0 amide bonds. The lowest BCUT2D eigenvalue weighted by molar-refractivity contribution is 0.198. The van der Waals surface area contributed by atoms with Gasteiger partial charge in [0.2, 0.25) is 0 Å². The Morgan fingerprint density at radius 1 is 1.42 bits per heavy atom. The van der Waals surface area contributed by atoms with E-state index in [1.165, 1.54) is 0 Å². The van der Waals surface area contributed by atoms with Crippen LogP contribution in [0, 0.1) is 6.92 Å². The first-order valence-corrected chi connectivity index (χ1v) is 4.31. The predicted molar refractivity (Wildman–Crippen MR) is 51.0 cm³/mol. The van der Waals surface area contributed by atoms with E-state index in [4.69, 9.17) is 5.11 Å². The van der Waals surface area contributed by atoms with E-state index in [9.17, 15) is 0 Å². The highest BCUT2D eigenvalue weighted by atomic mass is 16.3. The molecule has 0 aliphatic heterocycles. The van der Waals surface area contributed by atoms with Crippen LogP contribution in [0.3, 0.4) is 0 Å². The standard InChI is InChI=1S/C8H11NO.C2H6/c1-6-8(7(2)10)4-3-5-9-6;1-2/h3-5,7,10H,1-2H3;1-2H3. The Balaban J connectivity index is 0.000000561. The van der Waals surface area contributed by atoms with Crippen molar-refractivity contribution in [3.05, 3.63) is 29.6 Å². The molecule has 0 aromatic carbocycles. The first kappa shape index (κ1) is 11.1. The van der Waals surface area contributed by atoms with E-state index in [0.717, 1.165) is 11.3 Å². The van der Waals surface area contributed by atoms with Crippen molar-refractivity contribution >= 4 is 0 Å². The van der Waals surface area contributed by atoms with Crippen LogP contribution in [0.15, 0.2) is 18.3 Å². The van der Waals surface area contributed by atoms with Crippen molar-refractivity contribution in [3.63, 3.8) is 0 Å². The molecule has 1 unspecified atom stereocenters. The highest BCUT2D eigenvalue weighted by molar-refractivity contribution is 5.19. The van der Waals surface area contributed by atoms with E-state index in [0.29, 0.717) is 0 Å². The van der Waals surface area contributed by atoms with Gasteiger partial charge >= 0.3 is 0 Å². The van der Waals surface area contributed by atoms with Gasteiger partial charge in [-0.1, -0.05) is 19.9 Å². The molecule has 2 nitrogen and oxygen atoms in total. The summed E-state index contributed by atoms with van der Waals surface area (Å²) in [5.74, 6) is 0. The summed E-state index contributed by atoms with van der Waals surface area (Å²) in [5, 5.41) is 9.16. The summed E-state index contributed by atoms with van der Waals surface area (Å²) in [6.45, 7) is 7.63. The topological polar surface area (TPSA) is 33.1 Å². The fourth-order valence-corrected chi connectivity index (χ4v) is 0.938. The Hall–Kier alpha value is -0.890. The molecule has 0 radical (unpaired) electrons. The van der Waals surface area contributed by atoms with Crippen LogP contribution in [0.1, 0.15) is 38.1 Å². The van der Waals surface area contributed by atoms with Crippen molar-refractivity contribution in [3.8, 4) is 0 Å². The minimum Gasteiger partial charge on any atom is -0.389 e. The van der Waals surface area contributed by atoms with Gasteiger partial charge in [0.1, 0.15) is 0 Å². The molecular weight excluding hydrogens is 150 g/mol. The first-order valence-electron chi connectivity index (χ1n) is 4.31. The predicted octanol–water partition coefficient (Wildman–Crippen LogP) is 2.47. The SMILES string of the molecule is CC.Cc1ncccc1C(C)O. The molecule has 1 heterocycles. The number of pyridine rings is 1. The molecule has 0 aliphatic carbocycles. The molecule has 0 aliphatic rings. The lowest BCUT2D eigenvalue weighted by atomic mass is 10.1. The molecule has 1 rings (SSSR count). The van der Waals surface area contributed by atoms with E-state index >= 15 is 0 Å². The van der Waals surface area contributed by atoms with E-state index in [1.807, 2.05) is 32.9 Å². The number of hydrogen-bond acceptors (Lipinski definition) is 2. The van der Waals surface area contributed by atoms with Gasteiger partial charge in [-0.3, -0.25) is 4.98 Å². The second-order valence-electron chi connectivity index (χ2n) is 2.35. The van der Waals surface area contributed by atoms with Gasteiger partial charge in [-0.15, -0.1) is 0 Å². The quantitative estimate of drug-likeness (QED) is 0.697. The van der Waals surface area contributed by atoms with E-state index in [-0.39, 0.29) is 0 Å². The molecule has 1 atom stereocenters. The van der Waals surface area contributed by atoms with Crippen molar-refractivity contribution in [1.29, 1.82) is 0 Å². The van der Waals surface area contributed by atoms with Crippen LogP contribution in [0.25, 0.3) is 0 Å². The number of nitrogens with zero attached hydrogens (tertiary/aromatic N) is 1. The third-order valence-corrected chi connectivity index (χ3v) is 1.50. The maximum absolute atomic E-state index is 9.16. The molecule has 68 valence electrons. The average molecular weight is 167 g/mol. The summed E-state index contributed by atoms with van der Waals surface area (Å²) in [6.07, 6.45) is 1.31. The summed E-state index contributed by atoms with van der Waals surface area (Å²) >= 11 is 0. The van der Waals surface area contributed by atoms with Crippen LogP contribution < -0.4 is 0 Å². The van der Waals surface area contributed by atoms with Crippen molar-refractivity contribution in [2.45, 2.75) is 33.8 Å². The molecule has 0 saturated heterocycles. The van der Waals surface area contributed by atoms with Crippen molar-refractivity contribution in [1.82, 2.24) is 4.98 Å². The Morgan fingerprint density at radius 2 is 2.00 bits per heavy atom. The molecule has 0 spiro atoms. The third kappa shape index (κ3) is 3.01.